The molecule has 22 heavy (non-hydrogen) atoms. The van der Waals surface area contributed by atoms with Crippen LogP contribution in [0.4, 0.5) is 17.5 Å². The molecule has 9 nitrogen and oxygen atoms in total. The zero-order valence-corrected chi connectivity index (χ0v) is 11.3. The number of benzene rings is 1. The average Bonchev–Trinajstić information content (AvgIpc) is 3.01. The summed E-state index contributed by atoms with van der Waals surface area (Å²) in [5, 5.41) is 11.1. The number of rotatable bonds is 4. The van der Waals surface area contributed by atoms with Gasteiger partial charge >= 0.3 is 0 Å². The molecule has 0 bridgehead atoms. The molecule has 0 aliphatic carbocycles. The van der Waals surface area contributed by atoms with E-state index in [4.69, 9.17) is 11.5 Å². The first-order valence-corrected chi connectivity index (χ1v) is 6.29. The Morgan fingerprint density at radius 1 is 1.23 bits per heavy atom. The van der Waals surface area contributed by atoms with E-state index in [2.05, 4.69) is 25.5 Å². The van der Waals surface area contributed by atoms with Crippen LogP contribution in [0, 0.1) is 0 Å². The van der Waals surface area contributed by atoms with E-state index in [0.29, 0.717) is 5.69 Å². The van der Waals surface area contributed by atoms with Crippen LogP contribution < -0.4 is 16.8 Å². The Balaban J connectivity index is 1.95. The number of nitrogen functional groups attached to an aromatic ring is 1. The minimum absolute atomic E-state index is 0.0393. The highest BCUT2D eigenvalue weighted by molar-refractivity contribution is 5.98. The maximum absolute atomic E-state index is 11.4. The van der Waals surface area contributed by atoms with Gasteiger partial charge in [-0.25, -0.2) is 4.98 Å². The summed E-state index contributed by atoms with van der Waals surface area (Å²) in [7, 11) is 0. The fourth-order valence-electron chi connectivity index (χ4n) is 1.86. The number of amides is 1. The summed E-state index contributed by atoms with van der Waals surface area (Å²) < 4.78 is 0. The first kappa shape index (κ1) is 13.5. The van der Waals surface area contributed by atoms with E-state index in [9.17, 15) is 4.79 Å². The van der Waals surface area contributed by atoms with Gasteiger partial charge in [-0.2, -0.15) is 20.0 Å². The predicted molar refractivity (Wildman–Crippen MR) is 79.6 cm³/mol. The third-order valence-corrected chi connectivity index (χ3v) is 2.83. The quantitative estimate of drug-likeness (QED) is 0.636. The van der Waals surface area contributed by atoms with E-state index < -0.39 is 5.91 Å². The number of carbonyl (C=O) groups is 1. The second-order valence-corrected chi connectivity index (χ2v) is 4.35. The lowest BCUT2D eigenvalue weighted by Crippen LogP contribution is -2.15. The maximum atomic E-state index is 11.4. The summed E-state index contributed by atoms with van der Waals surface area (Å²) >= 11 is 0. The van der Waals surface area contributed by atoms with Crippen LogP contribution in [-0.2, 0) is 0 Å². The average molecular weight is 296 g/mol. The highest BCUT2D eigenvalue weighted by atomic mass is 16.1. The molecule has 3 aromatic rings. The molecule has 0 spiro atoms. The third-order valence-electron chi connectivity index (χ3n) is 2.83. The molecule has 0 saturated heterocycles. The van der Waals surface area contributed by atoms with E-state index in [1.54, 1.807) is 24.5 Å². The van der Waals surface area contributed by atoms with Crippen molar-refractivity contribution in [2.45, 2.75) is 0 Å². The molecule has 1 aromatic carbocycles. The van der Waals surface area contributed by atoms with E-state index in [1.165, 1.54) is 11.0 Å². The first-order chi connectivity index (χ1) is 10.6. The van der Waals surface area contributed by atoms with Crippen LogP contribution in [0.1, 0.15) is 10.4 Å². The van der Waals surface area contributed by atoms with Crippen molar-refractivity contribution in [3.05, 3.63) is 48.4 Å². The van der Waals surface area contributed by atoms with Crippen molar-refractivity contribution in [3.63, 3.8) is 0 Å². The van der Waals surface area contributed by atoms with Crippen molar-refractivity contribution in [2.75, 3.05) is 11.1 Å². The van der Waals surface area contributed by atoms with E-state index >= 15 is 0 Å². The third kappa shape index (κ3) is 2.68. The zero-order valence-electron chi connectivity index (χ0n) is 11.3. The molecule has 9 heteroatoms. The Hall–Kier alpha value is -3.49. The topological polar surface area (TPSA) is 138 Å². The SMILES string of the molecule is NC(=O)c1cnc(N)nc1Nc1cccc(-n2nccn2)c1. The Morgan fingerprint density at radius 3 is 2.73 bits per heavy atom. The molecule has 0 saturated carbocycles. The van der Waals surface area contributed by atoms with Gasteiger partial charge in [-0.1, -0.05) is 6.07 Å². The van der Waals surface area contributed by atoms with Gasteiger partial charge in [0, 0.05) is 11.9 Å². The van der Waals surface area contributed by atoms with Gasteiger partial charge in [-0.05, 0) is 18.2 Å². The molecule has 0 aliphatic heterocycles. The van der Waals surface area contributed by atoms with Crippen LogP contribution in [0.2, 0.25) is 0 Å². The van der Waals surface area contributed by atoms with Gasteiger partial charge in [0.2, 0.25) is 5.95 Å². The Bertz CT molecular complexity index is 815. The van der Waals surface area contributed by atoms with Crippen LogP contribution in [0.25, 0.3) is 5.69 Å². The van der Waals surface area contributed by atoms with E-state index in [1.807, 2.05) is 12.1 Å². The molecule has 3 rings (SSSR count). The minimum Gasteiger partial charge on any atom is -0.368 e. The second-order valence-electron chi connectivity index (χ2n) is 4.35. The normalized spacial score (nSPS) is 10.4. The molecule has 2 heterocycles. The number of aromatic nitrogens is 5. The van der Waals surface area contributed by atoms with Gasteiger partial charge in [0.05, 0.1) is 18.1 Å². The standard InChI is InChI=1S/C13H12N8O/c14-11(22)10-7-16-13(15)20-12(10)19-8-2-1-3-9(6-8)21-17-4-5-18-21/h1-7H,(H2,14,22)(H3,15,16,19,20). The van der Waals surface area contributed by atoms with Gasteiger partial charge in [0.1, 0.15) is 11.4 Å². The lowest BCUT2D eigenvalue weighted by molar-refractivity contribution is 0.100. The molecule has 0 unspecified atom stereocenters. The summed E-state index contributed by atoms with van der Waals surface area (Å²) in [5.74, 6) is -0.365. The number of carbonyl (C=O) groups excluding carboxylic acids is 1. The number of hydrogen-bond donors (Lipinski definition) is 3. The molecule has 1 amide bonds. The monoisotopic (exact) mass is 296 g/mol. The lowest BCUT2D eigenvalue weighted by atomic mass is 10.2. The molecule has 110 valence electrons. The fourth-order valence-corrected chi connectivity index (χ4v) is 1.86. The molecule has 0 aliphatic rings. The van der Waals surface area contributed by atoms with Gasteiger partial charge in [0.15, 0.2) is 0 Å². The number of nitrogens with zero attached hydrogens (tertiary/aromatic N) is 5. The molecule has 5 N–H and O–H groups in total. The molecular formula is C13H12N8O. The van der Waals surface area contributed by atoms with Crippen molar-refractivity contribution in [2.24, 2.45) is 5.73 Å². The van der Waals surface area contributed by atoms with Crippen LogP contribution >= 0.6 is 0 Å². The predicted octanol–water partition coefficient (Wildman–Crippen LogP) is 0.482. The summed E-state index contributed by atoms with van der Waals surface area (Å²) in [5.41, 5.74) is 12.4. The number of primary amides is 1. The fraction of sp³-hybridized carbons (Fsp3) is 0. The summed E-state index contributed by atoms with van der Waals surface area (Å²) in [6, 6.07) is 7.25. The van der Waals surface area contributed by atoms with Gasteiger partial charge in [-0.3, -0.25) is 4.79 Å². The van der Waals surface area contributed by atoms with Crippen molar-refractivity contribution < 1.29 is 4.79 Å². The van der Waals surface area contributed by atoms with Crippen LogP contribution in [0.5, 0.6) is 0 Å². The number of anilines is 3. The zero-order chi connectivity index (χ0) is 15.5. The highest BCUT2D eigenvalue weighted by Crippen LogP contribution is 2.20. The van der Waals surface area contributed by atoms with Crippen molar-refractivity contribution in [1.82, 2.24) is 25.0 Å². The Kier molecular flexibility index (Phi) is 3.36. The Morgan fingerprint density at radius 2 is 2.00 bits per heavy atom. The molecule has 0 atom stereocenters. The van der Waals surface area contributed by atoms with Crippen molar-refractivity contribution >= 4 is 23.4 Å². The number of hydrogen-bond acceptors (Lipinski definition) is 7. The Labute approximate surface area is 125 Å². The van der Waals surface area contributed by atoms with Crippen LogP contribution in [0.15, 0.2) is 42.9 Å². The number of nitrogens with two attached hydrogens (primary N) is 2. The largest absolute Gasteiger partial charge is 0.368 e. The lowest BCUT2D eigenvalue weighted by Gasteiger charge is -2.10. The molecule has 2 aromatic heterocycles. The number of nitrogens with one attached hydrogen (secondary N) is 1. The van der Waals surface area contributed by atoms with E-state index in [-0.39, 0.29) is 17.3 Å². The van der Waals surface area contributed by atoms with Gasteiger partial charge in [-0.15, -0.1) is 0 Å². The maximum Gasteiger partial charge on any atom is 0.254 e. The minimum atomic E-state index is -0.646. The summed E-state index contributed by atoms with van der Waals surface area (Å²) in [6.07, 6.45) is 4.44. The van der Waals surface area contributed by atoms with Gasteiger partial charge < -0.3 is 16.8 Å². The highest BCUT2D eigenvalue weighted by Gasteiger charge is 2.12. The first-order valence-electron chi connectivity index (χ1n) is 6.29. The van der Waals surface area contributed by atoms with Gasteiger partial charge in [0.25, 0.3) is 5.91 Å². The van der Waals surface area contributed by atoms with E-state index in [0.717, 1.165) is 5.69 Å². The van der Waals surface area contributed by atoms with Crippen molar-refractivity contribution in [3.8, 4) is 5.69 Å². The molecule has 0 radical (unpaired) electrons. The van der Waals surface area contributed by atoms with Crippen LogP contribution in [-0.4, -0.2) is 30.9 Å². The van der Waals surface area contributed by atoms with Crippen molar-refractivity contribution in [1.29, 1.82) is 0 Å². The smallest absolute Gasteiger partial charge is 0.254 e. The summed E-state index contributed by atoms with van der Waals surface area (Å²) in [4.78, 5) is 20.6. The summed E-state index contributed by atoms with van der Waals surface area (Å²) in [6.45, 7) is 0. The molecular weight excluding hydrogens is 284 g/mol. The second kappa shape index (κ2) is 5.48. The van der Waals surface area contributed by atoms with Crippen LogP contribution in [0.3, 0.4) is 0 Å². The molecule has 0 fully saturated rings.